The fourth-order valence-electron chi connectivity index (χ4n) is 2.90. The minimum Gasteiger partial charge on any atom is -0.481 e. The maximum atomic E-state index is 5.20. The molecule has 1 aliphatic heterocycles. The van der Waals surface area contributed by atoms with Crippen molar-refractivity contribution in [2.45, 2.75) is 31.8 Å². The smallest absolute Gasteiger partial charge is 0.213 e. The maximum absolute atomic E-state index is 5.20. The first kappa shape index (κ1) is 12.9. The van der Waals surface area contributed by atoms with Crippen molar-refractivity contribution < 1.29 is 4.74 Å². The molecule has 0 aromatic carbocycles. The van der Waals surface area contributed by atoms with Gasteiger partial charge in [-0.25, -0.2) is 4.98 Å². The number of nitrogens with zero attached hydrogens (tertiary/aromatic N) is 2. The Labute approximate surface area is 115 Å². The molecule has 2 aliphatic rings. The van der Waals surface area contributed by atoms with Gasteiger partial charge in [0.25, 0.3) is 0 Å². The molecule has 1 N–H and O–H groups in total. The molecule has 1 atom stereocenters. The van der Waals surface area contributed by atoms with Gasteiger partial charge in [0.1, 0.15) is 0 Å². The lowest BCUT2D eigenvalue weighted by Crippen LogP contribution is -2.38. The van der Waals surface area contributed by atoms with Gasteiger partial charge in [-0.3, -0.25) is 4.90 Å². The zero-order valence-electron chi connectivity index (χ0n) is 11.6. The summed E-state index contributed by atoms with van der Waals surface area (Å²) >= 11 is 0. The lowest BCUT2D eigenvalue weighted by atomic mass is 10.1. The summed E-state index contributed by atoms with van der Waals surface area (Å²) in [6.45, 7) is 4.53. The van der Waals surface area contributed by atoms with Crippen molar-refractivity contribution in [2.24, 2.45) is 5.92 Å². The number of hydrogen-bond acceptors (Lipinski definition) is 4. The Hall–Kier alpha value is -1.13. The predicted molar refractivity (Wildman–Crippen MR) is 75.2 cm³/mol. The predicted octanol–water partition coefficient (Wildman–Crippen LogP) is 1.66. The van der Waals surface area contributed by atoms with Gasteiger partial charge in [0, 0.05) is 31.4 Å². The molecule has 2 heterocycles. The Morgan fingerprint density at radius 1 is 1.47 bits per heavy atom. The molecule has 1 unspecified atom stereocenters. The number of pyridine rings is 1. The van der Waals surface area contributed by atoms with E-state index < -0.39 is 0 Å². The molecule has 104 valence electrons. The van der Waals surface area contributed by atoms with Crippen LogP contribution in [0.4, 0.5) is 0 Å². The number of hydrogen-bond donors (Lipinski definition) is 1. The van der Waals surface area contributed by atoms with Crippen molar-refractivity contribution >= 4 is 0 Å². The molecule has 3 rings (SSSR count). The van der Waals surface area contributed by atoms with Crippen LogP contribution in [0, 0.1) is 5.92 Å². The average Bonchev–Trinajstić information content (AvgIpc) is 3.25. The zero-order chi connectivity index (χ0) is 13.1. The van der Waals surface area contributed by atoms with E-state index in [9.17, 15) is 0 Å². The van der Waals surface area contributed by atoms with Gasteiger partial charge < -0.3 is 10.1 Å². The molecule has 4 heteroatoms. The third-order valence-corrected chi connectivity index (χ3v) is 4.12. The quantitative estimate of drug-likeness (QED) is 0.894. The fourth-order valence-corrected chi connectivity index (χ4v) is 2.90. The lowest BCUT2D eigenvalue weighted by Gasteiger charge is -2.24. The molecule has 4 nitrogen and oxygen atoms in total. The number of ether oxygens (including phenoxy) is 1. The highest BCUT2D eigenvalue weighted by Crippen LogP contribution is 2.33. The van der Waals surface area contributed by atoms with Crippen LogP contribution in [0.25, 0.3) is 0 Å². The van der Waals surface area contributed by atoms with Crippen molar-refractivity contribution in [3.05, 3.63) is 23.9 Å². The highest BCUT2D eigenvalue weighted by Gasteiger charge is 2.32. The lowest BCUT2D eigenvalue weighted by molar-refractivity contribution is 0.250. The molecule has 19 heavy (non-hydrogen) atoms. The Morgan fingerprint density at radius 3 is 3.16 bits per heavy atom. The van der Waals surface area contributed by atoms with Gasteiger partial charge in [0.05, 0.1) is 7.11 Å². The average molecular weight is 261 g/mol. The van der Waals surface area contributed by atoms with Crippen LogP contribution in [-0.2, 0) is 6.54 Å². The van der Waals surface area contributed by atoms with E-state index in [4.69, 9.17) is 4.74 Å². The Bertz CT molecular complexity index is 420. The van der Waals surface area contributed by atoms with Gasteiger partial charge in [-0.2, -0.15) is 0 Å². The third-order valence-electron chi connectivity index (χ3n) is 4.12. The normalized spacial score (nSPS) is 25.0. The van der Waals surface area contributed by atoms with Gasteiger partial charge in [0.15, 0.2) is 0 Å². The first-order valence-corrected chi connectivity index (χ1v) is 7.30. The van der Waals surface area contributed by atoms with Gasteiger partial charge in [-0.1, -0.05) is 0 Å². The van der Waals surface area contributed by atoms with E-state index in [1.54, 1.807) is 7.11 Å². The molecule has 0 bridgehead atoms. The largest absolute Gasteiger partial charge is 0.481 e. The van der Waals surface area contributed by atoms with Crippen LogP contribution in [0.1, 0.15) is 24.8 Å². The van der Waals surface area contributed by atoms with Crippen LogP contribution >= 0.6 is 0 Å². The molecule has 0 radical (unpaired) electrons. The first-order chi connectivity index (χ1) is 9.35. The summed E-state index contributed by atoms with van der Waals surface area (Å²) in [7, 11) is 1.67. The number of nitrogens with one attached hydrogen (secondary N) is 1. The van der Waals surface area contributed by atoms with E-state index in [2.05, 4.69) is 21.3 Å². The second-order valence-corrected chi connectivity index (χ2v) is 5.69. The molecule has 0 amide bonds. The summed E-state index contributed by atoms with van der Waals surface area (Å²) < 4.78 is 5.20. The SMILES string of the molecule is COc1cc(CN2CCCNC(C3CC3)C2)ccn1. The Balaban J connectivity index is 1.63. The van der Waals surface area contributed by atoms with E-state index in [0.29, 0.717) is 11.9 Å². The maximum Gasteiger partial charge on any atom is 0.213 e. The second-order valence-electron chi connectivity index (χ2n) is 5.69. The van der Waals surface area contributed by atoms with E-state index in [0.717, 1.165) is 19.0 Å². The molecule has 1 aromatic rings. The van der Waals surface area contributed by atoms with Gasteiger partial charge in [0.2, 0.25) is 5.88 Å². The topological polar surface area (TPSA) is 37.4 Å². The molecule has 1 saturated heterocycles. The summed E-state index contributed by atoms with van der Waals surface area (Å²) in [5.41, 5.74) is 1.29. The van der Waals surface area contributed by atoms with Crippen molar-refractivity contribution in [1.29, 1.82) is 0 Å². The molecule has 0 spiro atoms. The van der Waals surface area contributed by atoms with Gasteiger partial charge in [-0.15, -0.1) is 0 Å². The highest BCUT2D eigenvalue weighted by molar-refractivity contribution is 5.20. The first-order valence-electron chi connectivity index (χ1n) is 7.30. The summed E-state index contributed by atoms with van der Waals surface area (Å²) in [5, 5.41) is 3.70. The molecule has 1 aliphatic carbocycles. The second kappa shape index (κ2) is 5.88. The monoisotopic (exact) mass is 261 g/mol. The van der Waals surface area contributed by atoms with Crippen LogP contribution in [0.5, 0.6) is 5.88 Å². The summed E-state index contributed by atoms with van der Waals surface area (Å²) in [4.78, 5) is 6.74. The number of rotatable bonds is 4. The molecular weight excluding hydrogens is 238 g/mol. The van der Waals surface area contributed by atoms with Crippen molar-refractivity contribution in [2.75, 3.05) is 26.7 Å². The van der Waals surface area contributed by atoms with Crippen molar-refractivity contribution in [3.63, 3.8) is 0 Å². The van der Waals surface area contributed by atoms with Crippen molar-refractivity contribution in [3.8, 4) is 5.88 Å². The molecular formula is C15H23N3O. The summed E-state index contributed by atoms with van der Waals surface area (Å²) in [6.07, 6.45) is 5.90. The highest BCUT2D eigenvalue weighted by atomic mass is 16.5. The standard InChI is InChI=1S/C15H23N3O/c1-19-15-9-12(5-7-17-15)10-18-8-2-6-16-14(11-18)13-3-4-13/h5,7,9,13-14,16H,2-4,6,8,10-11H2,1H3. The van der Waals surface area contributed by atoms with Crippen LogP contribution in [0.3, 0.4) is 0 Å². The summed E-state index contributed by atoms with van der Waals surface area (Å²) in [5.74, 6) is 1.64. The van der Waals surface area contributed by atoms with Crippen LogP contribution in [-0.4, -0.2) is 42.7 Å². The molecule has 1 aromatic heterocycles. The van der Waals surface area contributed by atoms with E-state index >= 15 is 0 Å². The van der Waals surface area contributed by atoms with E-state index in [1.807, 2.05) is 12.3 Å². The fraction of sp³-hybridized carbons (Fsp3) is 0.667. The van der Waals surface area contributed by atoms with Gasteiger partial charge in [-0.05, 0) is 49.9 Å². The molecule has 2 fully saturated rings. The zero-order valence-corrected chi connectivity index (χ0v) is 11.6. The van der Waals surface area contributed by atoms with E-state index in [1.165, 1.54) is 37.9 Å². The van der Waals surface area contributed by atoms with Crippen LogP contribution in [0.15, 0.2) is 18.3 Å². The van der Waals surface area contributed by atoms with E-state index in [-0.39, 0.29) is 0 Å². The van der Waals surface area contributed by atoms with Crippen LogP contribution < -0.4 is 10.1 Å². The van der Waals surface area contributed by atoms with Crippen molar-refractivity contribution in [1.82, 2.24) is 15.2 Å². The van der Waals surface area contributed by atoms with Gasteiger partial charge >= 0.3 is 0 Å². The number of methoxy groups -OCH3 is 1. The Kier molecular flexibility index (Phi) is 3.99. The molecule has 1 saturated carbocycles. The minimum absolute atomic E-state index is 0.700. The minimum atomic E-state index is 0.700. The van der Waals surface area contributed by atoms with Crippen LogP contribution in [0.2, 0.25) is 0 Å². The third kappa shape index (κ3) is 3.45. The number of aromatic nitrogens is 1. The Morgan fingerprint density at radius 2 is 2.37 bits per heavy atom. The summed E-state index contributed by atoms with van der Waals surface area (Å²) in [6, 6.07) is 4.84.